The molecule has 2 nitrogen and oxygen atoms in total. The summed E-state index contributed by atoms with van der Waals surface area (Å²) in [5.41, 5.74) is 0. The molecule has 2 saturated heterocycles. The highest BCUT2D eigenvalue weighted by atomic mass is 15.1. The van der Waals surface area contributed by atoms with Crippen molar-refractivity contribution in [1.82, 2.24) is 10.2 Å². The number of rotatable bonds is 2. The second-order valence-electron chi connectivity index (χ2n) is 5.18. The SMILES string of the molecule is CCN1CCC(C2CCCCCN2)CC1. The Kier molecular flexibility index (Phi) is 4.45. The van der Waals surface area contributed by atoms with Gasteiger partial charge in [0.05, 0.1) is 0 Å². The van der Waals surface area contributed by atoms with Gasteiger partial charge in [-0.1, -0.05) is 19.8 Å². The molecule has 0 amide bonds. The van der Waals surface area contributed by atoms with Gasteiger partial charge in [-0.25, -0.2) is 0 Å². The lowest BCUT2D eigenvalue weighted by Crippen LogP contribution is -2.42. The van der Waals surface area contributed by atoms with Crippen molar-refractivity contribution in [2.45, 2.75) is 51.5 Å². The minimum atomic E-state index is 0.839. The molecule has 2 heterocycles. The van der Waals surface area contributed by atoms with Crippen LogP contribution in [-0.4, -0.2) is 37.1 Å². The first-order valence-electron chi connectivity index (χ1n) is 6.86. The Hall–Kier alpha value is -0.0800. The van der Waals surface area contributed by atoms with Crippen molar-refractivity contribution in [3.63, 3.8) is 0 Å². The topological polar surface area (TPSA) is 15.3 Å². The Bertz CT molecular complexity index is 165. The van der Waals surface area contributed by atoms with Crippen LogP contribution in [0.2, 0.25) is 0 Å². The molecular formula is C13H26N2. The molecule has 15 heavy (non-hydrogen) atoms. The fourth-order valence-corrected chi connectivity index (χ4v) is 3.13. The van der Waals surface area contributed by atoms with E-state index >= 15 is 0 Å². The Balaban J connectivity index is 1.78. The minimum Gasteiger partial charge on any atom is -0.314 e. The van der Waals surface area contributed by atoms with Crippen LogP contribution in [0, 0.1) is 5.92 Å². The van der Waals surface area contributed by atoms with Crippen molar-refractivity contribution in [1.29, 1.82) is 0 Å². The molecule has 0 radical (unpaired) electrons. The first-order chi connectivity index (χ1) is 7.40. The summed E-state index contributed by atoms with van der Waals surface area (Å²) in [5, 5.41) is 3.77. The van der Waals surface area contributed by atoms with E-state index in [-0.39, 0.29) is 0 Å². The van der Waals surface area contributed by atoms with E-state index < -0.39 is 0 Å². The number of hydrogen-bond donors (Lipinski definition) is 1. The molecule has 0 saturated carbocycles. The third kappa shape index (κ3) is 3.18. The van der Waals surface area contributed by atoms with Gasteiger partial charge in [-0.15, -0.1) is 0 Å². The van der Waals surface area contributed by atoms with E-state index in [1.807, 2.05) is 0 Å². The number of nitrogens with one attached hydrogen (secondary N) is 1. The predicted octanol–water partition coefficient (Wildman–Crippen LogP) is 2.25. The molecule has 2 aliphatic rings. The first-order valence-corrected chi connectivity index (χ1v) is 6.86. The van der Waals surface area contributed by atoms with Crippen LogP contribution in [0.25, 0.3) is 0 Å². The van der Waals surface area contributed by atoms with Gasteiger partial charge in [-0.2, -0.15) is 0 Å². The summed E-state index contributed by atoms with van der Waals surface area (Å²) in [5.74, 6) is 0.964. The van der Waals surface area contributed by atoms with E-state index in [4.69, 9.17) is 0 Å². The molecule has 0 aromatic carbocycles. The van der Waals surface area contributed by atoms with Crippen LogP contribution in [0.3, 0.4) is 0 Å². The van der Waals surface area contributed by atoms with Gasteiger partial charge in [0.1, 0.15) is 0 Å². The maximum absolute atomic E-state index is 3.77. The Labute approximate surface area is 94.4 Å². The fourth-order valence-electron chi connectivity index (χ4n) is 3.13. The number of nitrogens with zero attached hydrogens (tertiary/aromatic N) is 1. The maximum Gasteiger partial charge on any atom is 0.00962 e. The smallest absolute Gasteiger partial charge is 0.00962 e. The third-order valence-electron chi connectivity index (χ3n) is 4.25. The molecule has 0 aromatic heterocycles. The molecule has 2 aliphatic heterocycles. The van der Waals surface area contributed by atoms with Crippen molar-refractivity contribution in [3.05, 3.63) is 0 Å². The van der Waals surface area contributed by atoms with Gasteiger partial charge in [0, 0.05) is 6.04 Å². The van der Waals surface area contributed by atoms with Crippen LogP contribution in [0.5, 0.6) is 0 Å². The quantitative estimate of drug-likeness (QED) is 0.752. The fraction of sp³-hybridized carbons (Fsp3) is 1.00. The lowest BCUT2D eigenvalue weighted by molar-refractivity contribution is 0.162. The van der Waals surface area contributed by atoms with Gasteiger partial charge in [0.25, 0.3) is 0 Å². The van der Waals surface area contributed by atoms with Crippen LogP contribution in [0.15, 0.2) is 0 Å². The van der Waals surface area contributed by atoms with Gasteiger partial charge in [0.15, 0.2) is 0 Å². The van der Waals surface area contributed by atoms with E-state index in [9.17, 15) is 0 Å². The minimum absolute atomic E-state index is 0.839. The normalized spacial score (nSPS) is 31.4. The van der Waals surface area contributed by atoms with Gasteiger partial charge >= 0.3 is 0 Å². The van der Waals surface area contributed by atoms with E-state index in [1.165, 1.54) is 64.7 Å². The average molecular weight is 210 g/mol. The van der Waals surface area contributed by atoms with E-state index in [1.54, 1.807) is 0 Å². The van der Waals surface area contributed by atoms with Crippen molar-refractivity contribution in [3.8, 4) is 0 Å². The predicted molar refractivity (Wildman–Crippen MR) is 65.1 cm³/mol. The van der Waals surface area contributed by atoms with Crippen LogP contribution in [0.4, 0.5) is 0 Å². The van der Waals surface area contributed by atoms with Gasteiger partial charge in [0.2, 0.25) is 0 Å². The molecule has 0 aromatic rings. The molecule has 0 aliphatic carbocycles. The zero-order valence-electron chi connectivity index (χ0n) is 10.2. The van der Waals surface area contributed by atoms with Crippen molar-refractivity contribution < 1.29 is 0 Å². The van der Waals surface area contributed by atoms with Gasteiger partial charge in [-0.3, -0.25) is 0 Å². The number of hydrogen-bond acceptors (Lipinski definition) is 2. The standard InChI is InChI=1S/C13H26N2/c1-2-15-10-7-12(8-11-15)13-6-4-3-5-9-14-13/h12-14H,2-11H2,1H3. The number of piperidine rings is 1. The number of likely N-dealkylation sites (tertiary alicyclic amines) is 1. The Morgan fingerprint density at radius 2 is 1.87 bits per heavy atom. The summed E-state index contributed by atoms with van der Waals surface area (Å²) >= 11 is 0. The average Bonchev–Trinajstić information content (AvgIpc) is 2.58. The maximum atomic E-state index is 3.77. The van der Waals surface area contributed by atoms with Crippen LogP contribution in [-0.2, 0) is 0 Å². The molecule has 2 rings (SSSR count). The van der Waals surface area contributed by atoms with Gasteiger partial charge < -0.3 is 10.2 Å². The highest BCUT2D eigenvalue weighted by Gasteiger charge is 2.25. The zero-order chi connectivity index (χ0) is 10.5. The van der Waals surface area contributed by atoms with E-state index in [2.05, 4.69) is 17.1 Å². The van der Waals surface area contributed by atoms with E-state index in [0.717, 1.165) is 12.0 Å². The molecule has 2 heteroatoms. The van der Waals surface area contributed by atoms with Crippen molar-refractivity contribution >= 4 is 0 Å². The highest BCUT2D eigenvalue weighted by molar-refractivity contribution is 4.83. The molecule has 0 bridgehead atoms. The molecule has 1 unspecified atom stereocenters. The van der Waals surface area contributed by atoms with Crippen molar-refractivity contribution in [2.75, 3.05) is 26.2 Å². The molecular weight excluding hydrogens is 184 g/mol. The summed E-state index contributed by atoms with van der Waals surface area (Å²) in [4.78, 5) is 2.59. The summed E-state index contributed by atoms with van der Waals surface area (Å²) in [6.45, 7) is 7.45. The summed E-state index contributed by atoms with van der Waals surface area (Å²) in [6, 6.07) is 0.839. The third-order valence-corrected chi connectivity index (χ3v) is 4.25. The molecule has 2 fully saturated rings. The molecule has 88 valence electrons. The van der Waals surface area contributed by atoms with Gasteiger partial charge in [-0.05, 0) is 57.8 Å². The second-order valence-corrected chi connectivity index (χ2v) is 5.18. The van der Waals surface area contributed by atoms with Crippen molar-refractivity contribution in [2.24, 2.45) is 5.92 Å². The zero-order valence-corrected chi connectivity index (χ0v) is 10.2. The molecule has 0 spiro atoms. The summed E-state index contributed by atoms with van der Waals surface area (Å²) in [7, 11) is 0. The second kappa shape index (κ2) is 5.86. The Morgan fingerprint density at radius 1 is 1.07 bits per heavy atom. The van der Waals surface area contributed by atoms with E-state index in [0.29, 0.717) is 0 Å². The molecule has 1 N–H and O–H groups in total. The lowest BCUT2D eigenvalue weighted by Gasteiger charge is -2.35. The van der Waals surface area contributed by atoms with Crippen LogP contribution < -0.4 is 5.32 Å². The summed E-state index contributed by atoms with van der Waals surface area (Å²) < 4.78 is 0. The molecule has 1 atom stereocenters. The Morgan fingerprint density at radius 3 is 2.60 bits per heavy atom. The highest BCUT2D eigenvalue weighted by Crippen LogP contribution is 2.25. The first kappa shape index (κ1) is 11.4. The monoisotopic (exact) mass is 210 g/mol. The van der Waals surface area contributed by atoms with Crippen LogP contribution >= 0.6 is 0 Å². The summed E-state index contributed by atoms with van der Waals surface area (Å²) in [6.07, 6.45) is 8.56. The van der Waals surface area contributed by atoms with Crippen LogP contribution in [0.1, 0.15) is 45.4 Å². The lowest BCUT2D eigenvalue weighted by atomic mass is 9.87. The largest absolute Gasteiger partial charge is 0.314 e.